The second kappa shape index (κ2) is 11.0. The fourth-order valence-electron chi connectivity index (χ4n) is 3.82. The molecule has 27 heavy (non-hydrogen) atoms. The van der Waals surface area contributed by atoms with Crippen LogP contribution in [0, 0.1) is 6.92 Å². The Bertz CT molecular complexity index is 676. The van der Waals surface area contributed by atoms with E-state index in [0.717, 1.165) is 17.3 Å². The Balaban J connectivity index is 2.38. The zero-order valence-corrected chi connectivity index (χ0v) is 20.7. The molecular formula is C21H37N5Sn. The molecule has 0 aliphatic carbocycles. The standard InChI is InChI=1S/C9H10N5.3C4H9.Sn/c1-7-3-4-10-9(12-7)13-8-5-11-14(2)6-8;3*1-3-4-2;/h3,5-6H,1-2H3,(H,10,12,13);3*1,3-4H2,2H3;. The van der Waals surface area contributed by atoms with Gasteiger partial charge in [-0.15, -0.1) is 0 Å². The summed E-state index contributed by atoms with van der Waals surface area (Å²) in [6.45, 7) is 9.06. The van der Waals surface area contributed by atoms with E-state index in [1.165, 1.54) is 55.5 Å². The second-order valence-corrected chi connectivity index (χ2v) is 20.9. The van der Waals surface area contributed by atoms with Crippen molar-refractivity contribution in [2.24, 2.45) is 7.05 Å². The van der Waals surface area contributed by atoms with Crippen LogP contribution in [0.25, 0.3) is 0 Å². The Morgan fingerprint density at radius 3 is 2.04 bits per heavy atom. The first-order valence-corrected chi connectivity index (χ1v) is 18.1. The van der Waals surface area contributed by atoms with Crippen molar-refractivity contribution in [1.29, 1.82) is 0 Å². The molecule has 0 spiro atoms. The summed E-state index contributed by atoms with van der Waals surface area (Å²) in [5, 5.41) is 7.61. The number of anilines is 2. The Morgan fingerprint density at radius 1 is 0.963 bits per heavy atom. The minimum absolute atomic E-state index is 0.739. The Hall–Kier alpha value is -1.11. The van der Waals surface area contributed by atoms with Crippen molar-refractivity contribution in [3.8, 4) is 0 Å². The van der Waals surface area contributed by atoms with Gasteiger partial charge in [-0.2, -0.15) is 0 Å². The molecule has 0 aliphatic rings. The normalized spacial score (nSPS) is 11.7. The van der Waals surface area contributed by atoms with Gasteiger partial charge in [-0.3, -0.25) is 0 Å². The number of unbranched alkanes of at least 4 members (excludes halogenated alkanes) is 3. The van der Waals surface area contributed by atoms with E-state index in [-0.39, 0.29) is 0 Å². The number of nitrogens with one attached hydrogen (secondary N) is 1. The van der Waals surface area contributed by atoms with Crippen LogP contribution in [-0.4, -0.2) is 38.1 Å². The van der Waals surface area contributed by atoms with Gasteiger partial charge < -0.3 is 0 Å². The van der Waals surface area contributed by atoms with Crippen LogP contribution in [0.3, 0.4) is 0 Å². The molecule has 150 valence electrons. The molecule has 2 aromatic heterocycles. The topological polar surface area (TPSA) is 55.6 Å². The van der Waals surface area contributed by atoms with Crippen molar-refractivity contribution in [3.05, 3.63) is 24.2 Å². The number of hydrogen-bond donors (Lipinski definition) is 1. The van der Waals surface area contributed by atoms with Gasteiger partial charge in [0.15, 0.2) is 0 Å². The molecule has 2 heterocycles. The van der Waals surface area contributed by atoms with Crippen LogP contribution >= 0.6 is 0 Å². The van der Waals surface area contributed by atoms with E-state index in [9.17, 15) is 0 Å². The number of aryl methyl sites for hydroxylation is 2. The summed E-state index contributed by atoms with van der Waals surface area (Å²) in [7, 11) is 1.93. The van der Waals surface area contributed by atoms with E-state index in [1.54, 1.807) is 4.68 Å². The molecule has 0 fully saturated rings. The Kier molecular flexibility index (Phi) is 9.06. The molecule has 6 heteroatoms. The zero-order valence-electron chi connectivity index (χ0n) is 17.9. The van der Waals surface area contributed by atoms with Crippen LogP contribution in [0.5, 0.6) is 0 Å². The van der Waals surface area contributed by atoms with Gasteiger partial charge in [-0.1, -0.05) is 0 Å². The zero-order chi connectivity index (χ0) is 19.7. The summed E-state index contributed by atoms with van der Waals surface area (Å²) in [6, 6.07) is 2.31. The number of hydrogen-bond acceptors (Lipinski definition) is 4. The van der Waals surface area contributed by atoms with Gasteiger partial charge in [0.2, 0.25) is 0 Å². The molecule has 0 atom stereocenters. The van der Waals surface area contributed by atoms with Gasteiger partial charge in [0, 0.05) is 0 Å². The first-order valence-electron chi connectivity index (χ1n) is 10.6. The van der Waals surface area contributed by atoms with E-state index in [0.29, 0.717) is 0 Å². The fraction of sp³-hybridized carbons (Fsp3) is 0.667. The average Bonchev–Trinajstić information content (AvgIpc) is 3.05. The maximum atomic E-state index is 5.10. The van der Waals surface area contributed by atoms with Crippen molar-refractivity contribution in [3.63, 3.8) is 0 Å². The predicted molar refractivity (Wildman–Crippen MR) is 118 cm³/mol. The fourth-order valence-corrected chi connectivity index (χ4v) is 19.4. The van der Waals surface area contributed by atoms with Gasteiger partial charge in [-0.05, 0) is 0 Å². The molecule has 5 nitrogen and oxygen atoms in total. The third kappa shape index (κ3) is 6.47. The molecule has 0 saturated carbocycles. The quantitative estimate of drug-likeness (QED) is 0.420. The Morgan fingerprint density at radius 2 is 1.56 bits per heavy atom. The van der Waals surface area contributed by atoms with E-state index < -0.39 is 18.4 Å². The van der Waals surface area contributed by atoms with E-state index in [1.807, 2.05) is 19.4 Å². The first-order chi connectivity index (χ1) is 13.0. The van der Waals surface area contributed by atoms with Gasteiger partial charge in [-0.25, -0.2) is 0 Å². The monoisotopic (exact) mass is 479 g/mol. The molecule has 0 radical (unpaired) electrons. The molecule has 2 rings (SSSR count). The predicted octanol–water partition coefficient (Wildman–Crippen LogP) is 5.32. The summed E-state index contributed by atoms with van der Waals surface area (Å²) in [4.78, 5) is 9.77. The summed E-state index contributed by atoms with van der Waals surface area (Å²) in [5.41, 5.74) is 2.03. The van der Waals surface area contributed by atoms with Crippen molar-refractivity contribution in [2.45, 2.75) is 79.5 Å². The summed E-state index contributed by atoms with van der Waals surface area (Å²) >= 11 is -2.54. The van der Waals surface area contributed by atoms with Gasteiger partial charge in [0.1, 0.15) is 0 Å². The van der Waals surface area contributed by atoms with Gasteiger partial charge in [0.05, 0.1) is 0 Å². The van der Waals surface area contributed by atoms with Crippen LogP contribution in [-0.2, 0) is 7.05 Å². The Labute approximate surface area is 169 Å². The number of rotatable bonds is 12. The van der Waals surface area contributed by atoms with Gasteiger partial charge in [0.25, 0.3) is 0 Å². The first kappa shape index (κ1) is 22.2. The van der Waals surface area contributed by atoms with Crippen LogP contribution in [0.15, 0.2) is 18.5 Å². The van der Waals surface area contributed by atoms with Crippen LogP contribution in [0.2, 0.25) is 13.3 Å². The van der Waals surface area contributed by atoms with E-state index in [2.05, 4.69) is 49.2 Å². The minimum atomic E-state index is -2.54. The third-order valence-electron chi connectivity index (χ3n) is 5.39. The summed E-state index contributed by atoms with van der Waals surface area (Å²) in [5.74, 6) is 0.739. The van der Waals surface area contributed by atoms with Gasteiger partial charge >= 0.3 is 170 Å². The van der Waals surface area contributed by atoms with Crippen molar-refractivity contribution < 1.29 is 0 Å². The molecule has 0 saturated heterocycles. The summed E-state index contributed by atoms with van der Waals surface area (Å²) in [6.07, 6.45) is 11.7. The number of aromatic nitrogens is 4. The molecule has 2 aromatic rings. The maximum absolute atomic E-state index is 5.10. The molecule has 0 unspecified atom stereocenters. The molecule has 0 aromatic carbocycles. The van der Waals surface area contributed by atoms with Crippen LogP contribution in [0.4, 0.5) is 11.6 Å². The average molecular weight is 478 g/mol. The molecule has 1 N–H and O–H groups in total. The van der Waals surface area contributed by atoms with Crippen LogP contribution < -0.4 is 9.03 Å². The van der Waals surface area contributed by atoms with E-state index in [4.69, 9.17) is 4.98 Å². The molecule has 0 bridgehead atoms. The van der Waals surface area contributed by atoms with Crippen molar-refractivity contribution in [1.82, 2.24) is 19.7 Å². The molecular weight excluding hydrogens is 441 g/mol. The second-order valence-electron chi connectivity index (χ2n) is 7.84. The van der Waals surface area contributed by atoms with E-state index >= 15 is 0 Å². The molecule has 0 aliphatic heterocycles. The SMILES string of the molecule is CCC[CH2][Sn]([CH2]CCC)([CH2]CCC)[c]1cc(C)nc(Nc2cnn(C)c2)n1. The third-order valence-corrected chi connectivity index (χ3v) is 20.4. The number of nitrogens with zero attached hydrogens (tertiary/aromatic N) is 4. The summed E-state index contributed by atoms with van der Waals surface area (Å²) < 4.78 is 7.50. The van der Waals surface area contributed by atoms with Crippen LogP contribution in [0.1, 0.15) is 65.0 Å². The van der Waals surface area contributed by atoms with Crippen molar-refractivity contribution in [2.75, 3.05) is 5.32 Å². The van der Waals surface area contributed by atoms with Crippen molar-refractivity contribution >= 4 is 33.7 Å². The molecule has 0 amide bonds.